The van der Waals surface area contributed by atoms with Crippen LogP contribution in [0.15, 0.2) is 70.1 Å². The summed E-state index contributed by atoms with van der Waals surface area (Å²) in [6.45, 7) is 2.46. The molecule has 3 aromatic heterocycles. The van der Waals surface area contributed by atoms with E-state index in [1.807, 2.05) is 35.0 Å². The molecule has 0 radical (unpaired) electrons. The van der Waals surface area contributed by atoms with Gasteiger partial charge in [0.1, 0.15) is 18.1 Å². The van der Waals surface area contributed by atoms with Gasteiger partial charge in [0.2, 0.25) is 11.7 Å². The Hall–Kier alpha value is -5.40. The number of amides is 2. The highest BCUT2D eigenvalue weighted by molar-refractivity contribution is 5.90. The minimum Gasteiger partial charge on any atom is -0.494 e. The molecule has 0 unspecified atom stereocenters. The lowest BCUT2D eigenvalue weighted by atomic mass is 10.2. The molecule has 0 N–H and O–H groups in total. The number of para-hydroxylation sites is 2. The number of methoxy groups -OCH3 is 1. The number of rotatable bonds is 4. The van der Waals surface area contributed by atoms with Gasteiger partial charge in [-0.05, 0) is 43.5 Å². The van der Waals surface area contributed by atoms with Crippen molar-refractivity contribution >= 4 is 22.9 Å². The van der Waals surface area contributed by atoms with Crippen LogP contribution in [0.25, 0.3) is 22.5 Å². The summed E-state index contributed by atoms with van der Waals surface area (Å²) in [5, 5.41) is 4.27. The van der Waals surface area contributed by atoms with Crippen molar-refractivity contribution in [2.45, 2.75) is 32.4 Å². The maximum atomic E-state index is 13.6. The summed E-state index contributed by atoms with van der Waals surface area (Å²) in [5.41, 5.74) is 1.89. The van der Waals surface area contributed by atoms with Gasteiger partial charge in [0.05, 0.1) is 19.2 Å². The monoisotopic (exact) mass is 628 g/mol. The largest absolute Gasteiger partial charge is 0.494 e. The van der Waals surface area contributed by atoms with Gasteiger partial charge in [0, 0.05) is 57.7 Å². The number of ether oxygens (including phenoxy) is 2. The van der Waals surface area contributed by atoms with Crippen molar-refractivity contribution in [1.82, 2.24) is 38.7 Å². The molecule has 240 valence electrons. The number of aromatic nitrogens is 6. The highest BCUT2D eigenvalue weighted by atomic mass is 16.5. The van der Waals surface area contributed by atoms with Crippen molar-refractivity contribution in [2.75, 3.05) is 39.9 Å². The standard InChI is InChI=1S/C32H36N8O6/c1-36-31(44-2)34-28(35-36)30(42)39-15-6-5-14-37(27(41)22-40-25-11-3-4-12-26(25)46-32(40)43)16-8-20-45-24-10-7-9-23(21-24)29-33-13-17-38(29)18-19-39/h3-4,7,9-13,17,21H,5-6,8,14-16,18-20,22H2,1-2H3. The Morgan fingerprint density at radius 1 is 0.957 bits per heavy atom. The Morgan fingerprint density at radius 3 is 2.59 bits per heavy atom. The molecule has 0 saturated carbocycles. The minimum absolute atomic E-state index is 0.0514. The van der Waals surface area contributed by atoms with Crippen LogP contribution in [0.5, 0.6) is 11.8 Å². The van der Waals surface area contributed by atoms with E-state index < -0.39 is 5.76 Å². The normalized spacial score (nSPS) is 14.8. The first-order chi connectivity index (χ1) is 22.4. The topological polar surface area (TPSA) is 143 Å². The molecular weight excluding hydrogens is 592 g/mol. The van der Waals surface area contributed by atoms with E-state index in [-0.39, 0.29) is 30.2 Å². The van der Waals surface area contributed by atoms with E-state index in [9.17, 15) is 14.4 Å². The minimum atomic E-state index is -0.572. The molecule has 2 amide bonds. The number of imidazole rings is 1. The molecule has 14 heteroatoms. The molecule has 5 aromatic rings. The third-order valence-electron chi connectivity index (χ3n) is 7.97. The molecule has 2 aromatic carbocycles. The van der Waals surface area contributed by atoms with E-state index in [0.29, 0.717) is 75.4 Å². The van der Waals surface area contributed by atoms with Crippen LogP contribution in [0.1, 0.15) is 29.9 Å². The maximum absolute atomic E-state index is 13.6. The number of hydrogen-bond acceptors (Lipinski definition) is 9. The molecule has 1 aliphatic rings. The first-order valence-electron chi connectivity index (χ1n) is 15.3. The van der Waals surface area contributed by atoms with Crippen molar-refractivity contribution in [1.29, 1.82) is 0 Å². The van der Waals surface area contributed by atoms with Crippen LogP contribution >= 0.6 is 0 Å². The second kappa shape index (κ2) is 13.7. The van der Waals surface area contributed by atoms with Crippen molar-refractivity contribution in [3.8, 4) is 23.1 Å². The fourth-order valence-electron chi connectivity index (χ4n) is 5.61. The zero-order chi connectivity index (χ0) is 32.0. The molecule has 6 rings (SSSR count). The number of hydrogen-bond donors (Lipinski definition) is 0. The summed E-state index contributed by atoms with van der Waals surface area (Å²) in [4.78, 5) is 52.1. The summed E-state index contributed by atoms with van der Waals surface area (Å²) >= 11 is 0. The number of carbonyl (C=O) groups is 2. The molecular formula is C32H36N8O6. The Balaban J connectivity index is 1.24. The molecule has 0 spiro atoms. The highest BCUT2D eigenvalue weighted by Crippen LogP contribution is 2.23. The summed E-state index contributed by atoms with van der Waals surface area (Å²) in [6, 6.07) is 15.0. The van der Waals surface area contributed by atoms with Gasteiger partial charge in [0.25, 0.3) is 5.91 Å². The SMILES string of the molecule is COc1nc(C(=O)N2CCCCN(C(=O)Cn3c(=O)oc4ccccc43)CCCOc3cccc(c3)-c3nccn3CC2)nn1C. The first-order valence-corrected chi connectivity index (χ1v) is 15.3. The second-order valence-electron chi connectivity index (χ2n) is 11.0. The van der Waals surface area contributed by atoms with Crippen molar-refractivity contribution in [2.24, 2.45) is 7.05 Å². The summed E-state index contributed by atoms with van der Waals surface area (Å²) in [6.07, 6.45) is 5.48. The predicted octanol–water partition coefficient (Wildman–Crippen LogP) is 2.83. The van der Waals surface area contributed by atoms with Gasteiger partial charge >= 0.3 is 11.8 Å². The van der Waals surface area contributed by atoms with Crippen molar-refractivity contribution in [3.63, 3.8) is 0 Å². The van der Waals surface area contributed by atoms with Gasteiger partial charge in [-0.25, -0.2) is 14.5 Å². The number of nitrogens with zero attached hydrogens (tertiary/aromatic N) is 8. The van der Waals surface area contributed by atoms with E-state index in [0.717, 1.165) is 11.4 Å². The highest BCUT2D eigenvalue weighted by Gasteiger charge is 2.23. The third-order valence-corrected chi connectivity index (χ3v) is 7.97. The van der Waals surface area contributed by atoms with Gasteiger partial charge < -0.3 is 28.3 Å². The number of carbonyl (C=O) groups excluding carboxylic acids is 2. The molecule has 0 aliphatic carbocycles. The summed E-state index contributed by atoms with van der Waals surface area (Å²) < 4.78 is 21.4. The van der Waals surface area contributed by atoms with Gasteiger partial charge in [-0.1, -0.05) is 24.3 Å². The number of aryl methyl sites for hydroxylation is 1. The zero-order valence-electron chi connectivity index (χ0n) is 25.9. The van der Waals surface area contributed by atoms with Crippen molar-refractivity contribution in [3.05, 3.63) is 77.3 Å². The Labute approximate surface area is 264 Å². The molecule has 46 heavy (non-hydrogen) atoms. The predicted molar refractivity (Wildman–Crippen MR) is 168 cm³/mol. The second-order valence-corrected chi connectivity index (χ2v) is 11.0. The van der Waals surface area contributed by atoms with Crippen LogP contribution in [0.4, 0.5) is 0 Å². The quantitative estimate of drug-likeness (QED) is 0.294. The van der Waals surface area contributed by atoms with Gasteiger partial charge in [-0.3, -0.25) is 14.2 Å². The van der Waals surface area contributed by atoms with Gasteiger partial charge in [-0.15, -0.1) is 5.10 Å². The zero-order valence-corrected chi connectivity index (χ0v) is 25.9. The maximum Gasteiger partial charge on any atom is 0.420 e. The number of oxazole rings is 1. The van der Waals surface area contributed by atoms with E-state index in [1.165, 1.54) is 16.4 Å². The van der Waals surface area contributed by atoms with Crippen LogP contribution in [-0.2, 0) is 24.9 Å². The average molecular weight is 629 g/mol. The lowest BCUT2D eigenvalue weighted by Crippen LogP contribution is -2.38. The molecule has 0 fully saturated rings. The fourth-order valence-corrected chi connectivity index (χ4v) is 5.61. The lowest BCUT2D eigenvalue weighted by molar-refractivity contribution is -0.132. The van der Waals surface area contributed by atoms with Crippen LogP contribution < -0.4 is 15.2 Å². The third kappa shape index (κ3) is 6.65. The Kier molecular flexibility index (Phi) is 9.13. The Morgan fingerprint density at radius 2 is 1.76 bits per heavy atom. The Bertz CT molecular complexity index is 1890. The average Bonchev–Trinajstić information content (AvgIpc) is 3.77. The van der Waals surface area contributed by atoms with E-state index in [4.69, 9.17) is 13.9 Å². The molecule has 14 nitrogen and oxygen atoms in total. The number of fused-ring (bicyclic) bond motifs is 5. The smallest absolute Gasteiger partial charge is 0.420 e. The van der Waals surface area contributed by atoms with E-state index >= 15 is 0 Å². The molecule has 1 aliphatic heterocycles. The van der Waals surface area contributed by atoms with Crippen LogP contribution in [-0.4, -0.2) is 90.4 Å². The van der Waals surface area contributed by atoms with Crippen LogP contribution in [0, 0.1) is 0 Å². The van der Waals surface area contributed by atoms with E-state index in [2.05, 4.69) is 15.1 Å². The van der Waals surface area contributed by atoms with Gasteiger partial charge in [-0.2, -0.15) is 4.98 Å². The lowest BCUT2D eigenvalue weighted by Gasteiger charge is -2.25. The number of benzene rings is 2. The summed E-state index contributed by atoms with van der Waals surface area (Å²) in [5.74, 6) is 0.425. The molecule has 2 bridgehead atoms. The molecule has 0 saturated heterocycles. The molecule has 4 heterocycles. The van der Waals surface area contributed by atoms with Gasteiger partial charge in [0.15, 0.2) is 5.58 Å². The fraction of sp³-hybridized carbons (Fsp3) is 0.375. The van der Waals surface area contributed by atoms with Crippen LogP contribution in [0.2, 0.25) is 0 Å². The molecule has 0 atom stereocenters. The first kappa shape index (κ1) is 30.6. The van der Waals surface area contributed by atoms with Crippen molar-refractivity contribution < 1.29 is 23.5 Å². The van der Waals surface area contributed by atoms with Crippen LogP contribution in [0.3, 0.4) is 0 Å². The van der Waals surface area contributed by atoms with E-state index in [1.54, 1.807) is 47.3 Å². The summed E-state index contributed by atoms with van der Waals surface area (Å²) in [7, 11) is 3.15.